The molecule has 0 atom stereocenters. The molecule has 0 fully saturated rings. The Hall–Kier alpha value is -8.92. The summed E-state index contributed by atoms with van der Waals surface area (Å²) in [7, 11) is 0. The second kappa shape index (κ2) is 15.2. The zero-order valence-corrected chi connectivity index (χ0v) is 34.5. The van der Waals surface area contributed by atoms with Crippen LogP contribution in [0.3, 0.4) is 0 Å². The summed E-state index contributed by atoms with van der Waals surface area (Å²) >= 11 is 0. The van der Waals surface area contributed by atoms with Crippen LogP contribution in [-0.2, 0) is 0 Å². The number of fused-ring (bicyclic) bond motifs is 6. The normalized spacial score (nSPS) is 11.4. The van der Waals surface area contributed by atoms with Crippen molar-refractivity contribution in [1.29, 1.82) is 5.26 Å². The fourth-order valence-corrected chi connectivity index (χ4v) is 9.58. The van der Waals surface area contributed by atoms with E-state index in [0.717, 1.165) is 111 Å². The second-order valence-electron chi connectivity index (χ2n) is 15.9. The van der Waals surface area contributed by atoms with Crippen LogP contribution >= 0.6 is 0 Å². The first-order chi connectivity index (χ1) is 31.7. The Bertz CT molecular complexity index is 3580. The van der Waals surface area contributed by atoms with Gasteiger partial charge < -0.3 is 9.13 Å². The first-order valence-electron chi connectivity index (χ1n) is 21.3. The van der Waals surface area contributed by atoms with E-state index in [1.54, 1.807) is 0 Å². The van der Waals surface area contributed by atoms with Gasteiger partial charge in [0.15, 0.2) is 0 Å². The smallest absolute Gasteiger partial charge is 0.0998 e. The van der Waals surface area contributed by atoms with Crippen LogP contribution in [0.1, 0.15) is 5.56 Å². The number of rotatable bonds is 7. The number of nitrogens with zero attached hydrogens (tertiary/aromatic N) is 6. The molecule has 0 saturated heterocycles. The van der Waals surface area contributed by atoms with Gasteiger partial charge in [0.25, 0.3) is 0 Å². The van der Waals surface area contributed by atoms with Gasteiger partial charge in [-0.05, 0) is 53.6 Å². The van der Waals surface area contributed by atoms with Crippen molar-refractivity contribution >= 4 is 43.6 Å². The number of para-hydroxylation sites is 2. The fraction of sp³-hybridized carbons (Fsp3) is 0. The average molecular weight is 817 g/mol. The second-order valence-corrected chi connectivity index (χ2v) is 15.9. The molecule has 7 aromatic carbocycles. The summed E-state index contributed by atoms with van der Waals surface area (Å²) in [4.78, 5) is 14.9. The molecular formula is C58H36N6. The van der Waals surface area contributed by atoms with E-state index in [2.05, 4.69) is 143 Å². The van der Waals surface area contributed by atoms with E-state index in [0.29, 0.717) is 5.56 Å². The van der Waals surface area contributed by atoms with Crippen molar-refractivity contribution in [2.45, 2.75) is 0 Å². The molecule has 0 N–H and O–H groups in total. The van der Waals surface area contributed by atoms with E-state index in [-0.39, 0.29) is 0 Å². The van der Waals surface area contributed by atoms with Gasteiger partial charge in [0.1, 0.15) is 0 Å². The third kappa shape index (κ3) is 5.91. The first kappa shape index (κ1) is 36.9. The summed E-state index contributed by atoms with van der Waals surface area (Å²) in [5.74, 6) is 0. The minimum Gasteiger partial charge on any atom is -0.307 e. The zero-order valence-electron chi connectivity index (χ0n) is 34.5. The standard InChI is InChI=1S/C58H36N6/c59-35-42-19-7-8-20-43(42)56-54(63-50-25-11-9-21-46(50)48-29-27-40(33-52(48)63)44-23-13-31-61-57(44)38-15-3-1-4-16-38)36-60-37-55(56)64-51-26-12-10-22-47(51)49-30-28-41(34-53(49)64)45-24-14-32-62-58(45)39-17-5-2-6-18-39/h1-34,36-37H. The summed E-state index contributed by atoms with van der Waals surface area (Å²) < 4.78 is 4.65. The Kier molecular flexibility index (Phi) is 8.77. The molecule has 64 heavy (non-hydrogen) atoms. The fourth-order valence-electron chi connectivity index (χ4n) is 9.58. The molecule has 0 aliphatic carbocycles. The lowest BCUT2D eigenvalue weighted by molar-refractivity contribution is 1.09. The molecule has 0 saturated carbocycles. The number of hydrogen-bond acceptors (Lipinski definition) is 4. The van der Waals surface area contributed by atoms with E-state index in [9.17, 15) is 5.26 Å². The van der Waals surface area contributed by atoms with Crippen molar-refractivity contribution in [3.63, 3.8) is 0 Å². The summed E-state index contributed by atoms with van der Waals surface area (Å²) in [6, 6.07) is 69.9. The lowest BCUT2D eigenvalue weighted by Crippen LogP contribution is -2.05. The Balaban J connectivity index is 1.17. The van der Waals surface area contributed by atoms with Crippen LogP contribution in [0.4, 0.5) is 0 Å². The van der Waals surface area contributed by atoms with Gasteiger partial charge in [-0.1, -0.05) is 152 Å². The highest BCUT2D eigenvalue weighted by molar-refractivity contribution is 6.13. The number of aromatic nitrogens is 5. The van der Waals surface area contributed by atoms with Crippen LogP contribution in [0.25, 0.3) is 111 Å². The Morgan fingerprint density at radius 2 is 0.812 bits per heavy atom. The minimum atomic E-state index is 0.574. The Labute approximate surface area is 369 Å². The van der Waals surface area contributed by atoms with Crippen molar-refractivity contribution in [1.82, 2.24) is 24.1 Å². The molecule has 0 spiro atoms. The summed E-state index contributed by atoms with van der Waals surface area (Å²) in [5.41, 5.74) is 16.2. The number of pyridine rings is 3. The highest BCUT2D eigenvalue weighted by Crippen LogP contribution is 2.44. The summed E-state index contributed by atoms with van der Waals surface area (Å²) in [6.45, 7) is 0. The summed E-state index contributed by atoms with van der Waals surface area (Å²) in [6.07, 6.45) is 7.61. The van der Waals surface area contributed by atoms with E-state index in [1.807, 2.05) is 91.5 Å². The predicted molar refractivity (Wildman–Crippen MR) is 260 cm³/mol. The molecule has 0 bridgehead atoms. The zero-order chi connectivity index (χ0) is 42.6. The molecule has 5 heterocycles. The van der Waals surface area contributed by atoms with Crippen molar-refractivity contribution < 1.29 is 0 Å². The minimum absolute atomic E-state index is 0.574. The number of hydrogen-bond donors (Lipinski definition) is 0. The van der Waals surface area contributed by atoms with Gasteiger partial charge >= 0.3 is 0 Å². The molecule has 12 rings (SSSR count). The van der Waals surface area contributed by atoms with Crippen LogP contribution in [0, 0.1) is 11.3 Å². The maximum atomic E-state index is 10.8. The van der Waals surface area contributed by atoms with Crippen molar-refractivity contribution in [3.8, 4) is 73.3 Å². The number of nitriles is 1. The third-order valence-corrected chi connectivity index (χ3v) is 12.4. The van der Waals surface area contributed by atoms with Crippen LogP contribution in [0.5, 0.6) is 0 Å². The molecular weight excluding hydrogens is 781 g/mol. The lowest BCUT2D eigenvalue weighted by Gasteiger charge is -2.20. The molecule has 0 unspecified atom stereocenters. The SMILES string of the molecule is N#Cc1ccccc1-c1c(-n2c3ccccc3c3ccc(-c4cccnc4-c4ccccc4)cc32)cncc1-n1c2ccccc2c2ccc(-c3cccnc3-c3ccccc3)cc21. The molecule has 12 aromatic rings. The largest absolute Gasteiger partial charge is 0.307 e. The van der Waals surface area contributed by atoms with Gasteiger partial charge in [-0.2, -0.15) is 5.26 Å². The monoisotopic (exact) mass is 816 g/mol. The maximum Gasteiger partial charge on any atom is 0.0998 e. The van der Waals surface area contributed by atoms with Crippen LogP contribution < -0.4 is 0 Å². The summed E-state index contributed by atoms with van der Waals surface area (Å²) in [5, 5.41) is 15.3. The van der Waals surface area contributed by atoms with Crippen molar-refractivity contribution in [3.05, 3.63) is 224 Å². The van der Waals surface area contributed by atoms with E-state index in [4.69, 9.17) is 15.0 Å². The topological polar surface area (TPSA) is 72.3 Å². The average Bonchev–Trinajstić information content (AvgIpc) is 3.88. The van der Waals surface area contributed by atoms with Gasteiger partial charge in [-0.15, -0.1) is 0 Å². The van der Waals surface area contributed by atoms with Crippen molar-refractivity contribution in [2.24, 2.45) is 0 Å². The van der Waals surface area contributed by atoms with Crippen LogP contribution in [0.2, 0.25) is 0 Å². The highest BCUT2D eigenvalue weighted by atomic mass is 15.0. The molecule has 0 amide bonds. The quantitative estimate of drug-likeness (QED) is 0.161. The van der Waals surface area contributed by atoms with Crippen molar-refractivity contribution in [2.75, 3.05) is 0 Å². The Morgan fingerprint density at radius 1 is 0.375 bits per heavy atom. The first-order valence-corrected chi connectivity index (χ1v) is 21.3. The number of benzene rings is 7. The highest BCUT2D eigenvalue weighted by Gasteiger charge is 2.25. The third-order valence-electron chi connectivity index (χ3n) is 12.4. The molecule has 6 nitrogen and oxygen atoms in total. The Morgan fingerprint density at radius 3 is 1.33 bits per heavy atom. The van der Waals surface area contributed by atoms with Gasteiger partial charge in [-0.3, -0.25) is 15.0 Å². The van der Waals surface area contributed by atoms with Gasteiger partial charge in [-0.25, -0.2) is 0 Å². The van der Waals surface area contributed by atoms with E-state index < -0.39 is 0 Å². The molecule has 0 radical (unpaired) electrons. The van der Waals surface area contributed by atoms with Crippen LogP contribution in [0.15, 0.2) is 219 Å². The maximum absolute atomic E-state index is 10.8. The van der Waals surface area contributed by atoms with Gasteiger partial charge in [0.05, 0.1) is 68.9 Å². The van der Waals surface area contributed by atoms with Gasteiger partial charge in [0.2, 0.25) is 0 Å². The van der Waals surface area contributed by atoms with Gasteiger partial charge in [0, 0.05) is 67.3 Å². The molecule has 6 heteroatoms. The van der Waals surface area contributed by atoms with E-state index in [1.165, 1.54) is 0 Å². The predicted octanol–water partition coefficient (Wildman–Crippen LogP) is 14.3. The van der Waals surface area contributed by atoms with E-state index >= 15 is 0 Å². The molecule has 5 aromatic heterocycles. The lowest BCUT2D eigenvalue weighted by atomic mass is 9.97. The molecule has 0 aliphatic heterocycles. The molecule has 298 valence electrons. The molecule has 0 aliphatic rings. The van der Waals surface area contributed by atoms with Crippen LogP contribution in [-0.4, -0.2) is 24.1 Å².